The van der Waals surface area contributed by atoms with Gasteiger partial charge in [0, 0.05) is 42.7 Å². The zero-order valence-corrected chi connectivity index (χ0v) is 15.3. The molecule has 0 spiro atoms. The van der Waals surface area contributed by atoms with Crippen LogP contribution in [0.2, 0.25) is 0 Å². The lowest BCUT2D eigenvalue weighted by molar-refractivity contribution is 0.0302. The molecule has 0 bridgehead atoms. The Morgan fingerprint density at radius 1 is 1.15 bits per heavy atom. The average Bonchev–Trinajstić information content (AvgIpc) is 3.55. The van der Waals surface area contributed by atoms with E-state index in [0.717, 1.165) is 24.2 Å². The van der Waals surface area contributed by atoms with Gasteiger partial charge in [-0.3, -0.25) is 9.59 Å². The zero-order chi connectivity index (χ0) is 18.8. The van der Waals surface area contributed by atoms with Crippen molar-refractivity contribution in [3.8, 4) is 0 Å². The molecule has 1 aromatic heterocycles. The number of nitrogens with zero attached hydrogens (tertiary/aromatic N) is 3. The number of hydrogen-bond donors (Lipinski definition) is 1. The number of carbonyl (C=O) groups is 2. The molecule has 1 N–H and O–H groups in total. The number of nitrogens with one attached hydrogen (secondary N) is 1. The fourth-order valence-corrected chi connectivity index (χ4v) is 3.08. The maximum absolute atomic E-state index is 12.8. The average molecular weight is 366 g/mol. The SMILES string of the molecule is Cc1ccc(NC(=O)c2cnc(C3CC3)nc2)cc1C(=O)N1CCOCC1. The lowest BCUT2D eigenvalue weighted by Crippen LogP contribution is -2.41. The molecule has 1 aliphatic heterocycles. The second kappa shape index (κ2) is 7.44. The first-order chi connectivity index (χ1) is 13.1. The normalized spacial score (nSPS) is 16.9. The smallest absolute Gasteiger partial charge is 0.258 e. The molecule has 1 saturated carbocycles. The van der Waals surface area contributed by atoms with Crippen LogP contribution in [0.5, 0.6) is 0 Å². The van der Waals surface area contributed by atoms with Crippen LogP contribution in [0.1, 0.15) is 50.9 Å². The first-order valence-corrected chi connectivity index (χ1v) is 9.23. The van der Waals surface area contributed by atoms with Gasteiger partial charge in [-0.05, 0) is 37.5 Å². The summed E-state index contributed by atoms with van der Waals surface area (Å²) >= 11 is 0. The molecule has 2 heterocycles. The second-order valence-corrected chi connectivity index (χ2v) is 6.99. The van der Waals surface area contributed by atoms with Crippen LogP contribution in [-0.2, 0) is 4.74 Å². The predicted molar refractivity (Wildman–Crippen MR) is 99.9 cm³/mol. The number of rotatable bonds is 4. The summed E-state index contributed by atoms with van der Waals surface area (Å²) in [6, 6.07) is 5.36. The first kappa shape index (κ1) is 17.6. The Hall–Kier alpha value is -2.80. The molecular weight excluding hydrogens is 344 g/mol. The van der Waals surface area contributed by atoms with Crippen LogP contribution in [0.4, 0.5) is 5.69 Å². The molecule has 1 saturated heterocycles. The van der Waals surface area contributed by atoms with Crippen LogP contribution in [0.15, 0.2) is 30.6 Å². The molecule has 2 amide bonds. The van der Waals surface area contributed by atoms with Crippen LogP contribution in [0.25, 0.3) is 0 Å². The monoisotopic (exact) mass is 366 g/mol. The largest absolute Gasteiger partial charge is 0.378 e. The standard InChI is InChI=1S/C20H22N4O3/c1-13-2-5-16(10-17(13)20(26)24-6-8-27-9-7-24)23-19(25)15-11-21-18(22-12-15)14-3-4-14/h2,5,10-12,14H,3-4,6-9H2,1H3,(H,23,25). The molecule has 2 aromatic rings. The van der Waals surface area contributed by atoms with Crippen molar-refractivity contribution in [1.29, 1.82) is 0 Å². The number of aromatic nitrogens is 2. The number of hydrogen-bond acceptors (Lipinski definition) is 5. The minimum atomic E-state index is -0.286. The van der Waals surface area contributed by atoms with Crippen molar-refractivity contribution in [2.24, 2.45) is 0 Å². The molecule has 0 radical (unpaired) electrons. The molecule has 1 aliphatic carbocycles. The van der Waals surface area contributed by atoms with Gasteiger partial charge < -0.3 is 15.0 Å². The van der Waals surface area contributed by atoms with Gasteiger partial charge in [0.15, 0.2) is 0 Å². The topological polar surface area (TPSA) is 84.4 Å². The predicted octanol–water partition coefficient (Wildman–Crippen LogP) is 2.39. The van der Waals surface area contributed by atoms with Crippen molar-refractivity contribution in [3.05, 3.63) is 53.1 Å². The Morgan fingerprint density at radius 2 is 1.85 bits per heavy atom. The number of amides is 2. The van der Waals surface area contributed by atoms with Gasteiger partial charge in [-0.2, -0.15) is 0 Å². The van der Waals surface area contributed by atoms with E-state index < -0.39 is 0 Å². The highest BCUT2D eigenvalue weighted by Crippen LogP contribution is 2.37. The Bertz CT molecular complexity index is 856. The number of morpholine rings is 1. The van der Waals surface area contributed by atoms with E-state index in [4.69, 9.17) is 4.74 Å². The zero-order valence-electron chi connectivity index (χ0n) is 15.3. The minimum Gasteiger partial charge on any atom is -0.378 e. The summed E-state index contributed by atoms with van der Waals surface area (Å²) in [5.74, 6) is 0.934. The Labute approximate surface area is 157 Å². The third-order valence-electron chi connectivity index (χ3n) is 4.90. The molecule has 2 fully saturated rings. The van der Waals surface area contributed by atoms with E-state index in [9.17, 15) is 9.59 Å². The highest BCUT2D eigenvalue weighted by Gasteiger charge is 2.26. The van der Waals surface area contributed by atoms with E-state index in [1.165, 1.54) is 0 Å². The van der Waals surface area contributed by atoms with Gasteiger partial charge in [0.2, 0.25) is 0 Å². The maximum atomic E-state index is 12.8. The molecule has 140 valence electrons. The summed E-state index contributed by atoms with van der Waals surface area (Å²) in [5, 5.41) is 2.83. The van der Waals surface area contributed by atoms with E-state index in [1.54, 1.807) is 29.4 Å². The van der Waals surface area contributed by atoms with E-state index in [0.29, 0.717) is 49.0 Å². The van der Waals surface area contributed by atoms with Gasteiger partial charge in [-0.1, -0.05) is 6.07 Å². The van der Waals surface area contributed by atoms with Gasteiger partial charge in [-0.15, -0.1) is 0 Å². The van der Waals surface area contributed by atoms with Crippen molar-refractivity contribution in [2.45, 2.75) is 25.7 Å². The van der Waals surface area contributed by atoms with Gasteiger partial charge in [0.1, 0.15) is 5.82 Å². The molecular formula is C20H22N4O3. The Balaban J connectivity index is 1.48. The van der Waals surface area contributed by atoms with Crippen LogP contribution in [0.3, 0.4) is 0 Å². The fourth-order valence-electron chi connectivity index (χ4n) is 3.08. The van der Waals surface area contributed by atoms with Crippen molar-refractivity contribution < 1.29 is 14.3 Å². The van der Waals surface area contributed by atoms with Crippen molar-refractivity contribution in [2.75, 3.05) is 31.6 Å². The van der Waals surface area contributed by atoms with E-state index in [1.807, 2.05) is 13.0 Å². The summed E-state index contributed by atoms with van der Waals surface area (Å²) in [7, 11) is 0. The van der Waals surface area contributed by atoms with Crippen LogP contribution >= 0.6 is 0 Å². The van der Waals surface area contributed by atoms with Crippen molar-refractivity contribution >= 4 is 17.5 Å². The number of anilines is 1. The molecule has 1 aromatic carbocycles. The molecule has 0 unspecified atom stereocenters. The third kappa shape index (κ3) is 3.98. The van der Waals surface area contributed by atoms with Gasteiger partial charge in [0.05, 0.1) is 18.8 Å². The molecule has 0 atom stereocenters. The fraction of sp³-hybridized carbons (Fsp3) is 0.400. The Morgan fingerprint density at radius 3 is 2.52 bits per heavy atom. The first-order valence-electron chi connectivity index (χ1n) is 9.23. The van der Waals surface area contributed by atoms with Crippen LogP contribution < -0.4 is 5.32 Å². The van der Waals surface area contributed by atoms with Crippen molar-refractivity contribution in [1.82, 2.24) is 14.9 Å². The summed E-state index contributed by atoms with van der Waals surface area (Å²) in [6.45, 7) is 4.17. The van der Waals surface area contributed by atoms with Gasteiger partial charge in [-0.25, -0.2) is 9.97 Å². The Kier molecular flexibility index (Phi) is 4.85. The molecule has 4 rings (SSSR count). The number of benzene rings is 1. The van der Waals surface area contributed by atoms with Gasteiger partial charge >= 0.3 is 0 Å². The third-order valence-corrected chi connectivity index (χ3v) is 4.90. The minimum absolute atomic E-state index is 0.0379. The van der Waals surface area contributed by atoms with Crippen molar-refractivity contribution in [3.63, 3.8) is 0 Å². The lowest BCUT2D eigenvalue weighted by atomic mass is 10.1. The van der Waals surface area contributed by atoms with E-state index >= 15 is 0 Å². The summed E-state index contributed by atoms with van der Waals surface area (Å²) in [5.41, 5.74) is 2.45. The highest BCUT2D eigenvalue weighted by atomic mass is 16.5. The van der Waals surface area contributed by atoms with Crippen LogP contribution in [0, 0.1) is 6.92 Å². The van der Waals surface area contributed by atoms with Gasteiger partial charge in [0.25, 0.3) is 11.8 Å². The summed E-state index contributed by atoms with van der Waals surface area (Å²) < 4.78 is 5.31. The summed E-state index contributed by atoms with van der Waals surface area (Å²) in [6.07, 6.45) is 5.36. The molecule has 7 heteroatoms. The maximum Gasteiger partial charge on any atom is 0.258 e. The lowest BCUT2D eigenvalue weighted by Gasteiger charge is -2.27. The number of aryl methyl sites for hydroxylation is 1. The number of ether oxygens (including phenoxy) is 1. The van der Waals surface area contributed by atoms with E-state index in [2.05, 4.69) is 15.3 Å². The quantitative estimate of drug-likeness (QED) is 0.898. The molecule has 27 heavy (non-hydrogen) atoms. The molecule has 7 nitrogen and oxygen atoms in total. The molecule has 2 aliphatic rings. The van der Waals surface area contributed by atoms with E-state index in [-0.39, 0.29) is 11.8 Å². The van der Waals surface area contributed by atoms with Crippen LogP contribution in [-0.4, -0.2) is 53.0 Å². The number of carbonyl (C=O) groups excluding carboxylic acids is 2. The second-order valence-electron chi connectivity index (χ2n) is 6.99. The summed E-state index contributed by atoms with van der Waals surface area (Å²) in [4.78, 5) is 35.6. The highest BCUT2D eigenvalue weighted by molar-refractivity contribution is 6.05.